The van der Waals surface area contributed by atoms with Crippen LogP contribution in [0.4, 0.5) is 0 Å². The first-order valence-corrected chi connectivity index (χ1v) is 10.8. The van der Waals surface area contributed by atoms with Gasteiger partial charge in [0.15, 0.2) is 0 Å². The van der Waals surface area contributed by atoms with Crippen molar-refractivity contribution in [2.45, 2.75) is 31.3 Å². The van der Waals surface area contributed by atoms with Crippen LogP contribution in [0.2, 0.25) is 0 Å². The molecule has 0 saturated heterocycles. The van der Waals surface area contributed by atoms with Gasteiger partial charge in [-0.2, -0.15) is 0 Å². The molecule has 4 heteroatoms. The number of benzene rings is 2. The van der Waals surface area contributed by atoms with Crippen molar-refractivity contribution in [1.82, 2.24) is 0 Å². The summed E-state index contributed by atoms with van der Waals surface area (Å²) in [7, 11) is 0.636. The molecule has 3 nitrogen and oxygen atoms in total. The Morgan fingerprint density at radius 2 is 1.32 bits per heavy atom. The van der Waals surface area contributed by atoms with E-state index in [-0.39, 0.29) is 5.66 Å². The summed E-state index contributed by atoms with van der Waals surface area (Å²) in [4.78, 5) is 0. The molecule has 2 aliphatic rings. The Balaban J connectivity index is 1.80. The third-order valence-corrected chi connectivity index (χ3v) is 9.78. The quantitative estimate of drug-likeness (QED) is 0.753. The van der Waals surface area contributed by atoms with E-state index < -0.39 is 7.14 Å². The van der Waals surface area contributed by atoms with E-state index in [0.29, 0.717) is 5.92 Å². The molecule has 25 heavy (non-hydrogen) atoms. The van der Waals surface area contributed by atoms with Crippen molar-refractivity contribution < 1.29 is 14.0 Å². The highest BCUT2D eigenvalue weighted by molar-refractivity contribution is 7.79. The fourth-order valence-electron chi connectivity index (χ4n) is 4.80. The molecule has 0 radical (unpaired) electrons. The third kappa shape index (κ3) is 2.79. The van der Waals surface area contributed by atoms with Crippen LogP contribution in [0.1, 0.15) is 25.7 Å². The lowest BCUT2D eigenvalue weighted by Gasteiger charge is -2.32. The van der Waals surface area contributed by atoms with Gasteiger partial charge in [0.1, 0.15) is 18.6 Å². The first-order chi connectivity index (χ1) is 12.1. The van der Waals surface area contributed by atoms with E-state index in [0.717, 1.165) is 34.4 Å². The zero-order chi connectivity index (χ0) is 17.4. The summed E-state index contributed by atoms with van der Waals surface area (Å²) >= 11 is 0. The average molecular weight is 356 g/mol. The molecule has 4 rings (SSSR count). The Morgan fingerprint density at radius 1 is 0.800 bits per heavy atom. The van der Waals surface area contributed by atoms with E-state index in [1.165, 1.54) is 19.3 Å². The van der Waals surface area contributed by atoms with E-state index in [1.807, 2.05) is 48.5 Å². The minimum atomic E-state index is -2.69. The highest BCUT2D eigenvalue weighted by atomic mass is 31.2. The van der Waals surface area contributed by atoms with Gasteiger partial charge in [-0.05, 0) is 79.6 Å². The number of ether oxygens (including phenoxy) is 2. The van der Waals surface area contributed by atoms with Crippen LogP contribution in [0.15, 0.2) is 48.5 Å². The van der Waals surface area contributed by atoms with E-state index in [1.54, 1.807) is 14.2 Å². The van der Waals surface area contributed by atoms with Crippen LogP contribution in [-0.4, -0.2) is 19.9 Å². The molecule has 0 heterocycles. The van der Waals surface area contributed by atoms with Crippen LogP contribution >= 0.6 is 7.14 Å². The van der Waals surface area contributed by atoms with Crippen LogP contribution in [0, 0.1) is 11.8 Å². The highest BCUT2D eigenvalue weighted by Crippen LogP contribution is 2.62. The van der Waals surface area contributed by atoms with Crippen molar-refractivity contribution in [3.8, 4) is 11.5 Å². The Morgan fingerprint density at radius 3 is 1.68 bits per heavy atom. The summed E-state index contributed by atoms with van der Waals surface area (Å²) in [5.74, 6) is 2.97. The van der Waals surface area contributed by atoms with Crippen molar-refractivity contribution in [3.63, 3.8) is 0 Å². The maximum absolute atomic E-state index is 14.5. The van der Waals surface area contributed by atoms with E-state index >= 15 is 0 Å². The number of hydrogen-bond acceptors (Lipinski definition) is 3. The van der Waals surface area contributed by atoms with Crippen LogP contribution in [-0.2, 0) is 4.57 Å². The summed E-state index contributed by atoms with van der Waals surface area (Å²) in [5, 5.41) is 1.91. The molecule has 2 saturated carbocycles. The van der Waals surface area contributed by atoms with Gasteiger partial charge >= 0.3 is 0 Å². The third-order valence-electron chi connectivity index (χ3n) is 6.08. The zero-order valence-electron chi connectivity index (χ0n) is 14.9. The topological polar surface area (TPSA) is 35.5 Å². The van der Waals surface area contributed by atoms with Crippen molar-refractivity contribution in [2.24, 2.45) is 11.8 Å². The Bertz CT molecular complexity index is 730. The van der Waals surface area contributed by atoms with Crippen molar-refractivity contribution in [1.29, 1.82) is 0 Å². The van der Waals surface area contributed by atoms with E-state index in [2.05, 4.69) is 0 Å². The standard InChI is InChI=1S/C21H25O3P/c1-23-17-5-9-19(10-6-17)25(22,20-11-7-18(24-2)8-12-20)21-14-15-3-4-16(21)13-15/h5-12,15-16,21H,3-4,13-14H2,1-2H3. The monoisotopic (exact) mass is 356 g/mol. The fraction of sp³-hybridized carbons (Fsp3) is 0.429. The highest BCUT2D eigenvalue weighted by Gasteiger charge is 2.49. The van der Waals surface area contributed by atoms with Gasteiger partial charge in [-0.15, -0.1) is 0 Å². The zero-order valence-corrected chi connectivity index (χ0v) is 15.7. The molecule has 2 aromatic carbocycles. The molecule has 2 fully saturated rings. The van der Waals surface area contributed by atoms with E-state index in [4.69, 9.17) is 9.47 Å². The van der Waals surface area contributed by atoms with Gasteiger partial charge in [0.05, 0.1) is 14.2 Å². The molecule has 0 amide bonds. The average Bonchev–Trinajstić information content (AvgIpc) is 3.31. The van der Waals surface area contributed by atoms with Crippen LogP contribution in [0.25, 0.3) is 0 Å². The maximum Gasteiger partial charge on any atom is 0.146 e. The van der Waals surface area contributed by atoms with Crippen molar-refractivity contribution >= 4 is 17.8 Å². The second-order valence-electron chi connectivity index (χ2n) is 7.30. The van der Waals surface area contributed by atoms with Crippen molar-refractivity contribution in [2.75, 3.05) is 14.2 Å². The normalized spacial score (nSPS) is 25.1. The molecule has 3 unspecified atom stereocenters. The Kier molecular flexibility index (Phi) is 4.37. The fourth-order valence-corrected chi connectivity index (χ4v) is 8.50. The van der Waals surface area contributed by atoms with Gasteiger partial charge in [-0.1, -0.05) is 6.42 Å². The second kappa shape index (κ2) is 6.53. The molecule has 0 N–H and O–H groups in total. The molecule has 0 aromatic heterocycles. The Hall–Kier alpha value is -1.73. The van der Waals surface area contributed by atoms with Gasteiger partial charge in [0, 0.05) is 16.3 Å². The molecule has 132 valence electrons. The predicted molar refractivity (Wildman–Crippen MR) is 102 cm³/mol. The predicted octanol–water partition coefficient (Wildman–Crippen LogP) is 4.21. The minimum Gasteiger partial charge on any atom is -0.497 e. The summed E-state index contributed by atoms with van der Waals surface area (Å²) in [5.41, 5.74) is 0.271. The number of methoxy groups -OCH3 is 2. The minimum absolute atomic E-state index is 0.271. The lowest BCUT2D eigenvalue weighted by Crippen LogP contribution is -2.29. The smallest absolute Gasteiger partial charge is 0.146 e. The largest absolute Gasteiger partial charge is 0.497 e. The molecular formula is C21H25O3P. The number of rotatable bonds is 5. The maximum atomic E-state index is 14.5. The molecule has 2 bridgehead atoms. The molecule has 3 atom stereocenters. The van der Waals surface area contributed by atoms with Crippen molar-refractivity contribution in [3.05, 3.63) is 48.5 Å². The number of fused-ring (bicyclic) bond motifs is 2. The lowest BCUT2D eigenvalue weighted by atomic mass is 10.0. The van der Waals surface area contributed by atoms with Gasteiger partial charge in [-0.3, -0.25) is 0 Å². The molecule has 2 aromatic rings. The van der Waals surface area contributed by atoms with Crippen LogP contribution in [0.5, 0.6) is 11.5 Å². The molecule has 2 aliphatic carbocycles. The summed E-state index contributed by atoms with van der Waals surface area (Å²) < 4.78 is 25.1. The van der Waals surface area contributed by atoms with Gasteiger partial charge in [0.25, 0.3) is 0 Å². The molecule has 0 spiro atoms. The Labute approximate surface area is 149 Å². The van der Waals surface area contributed by atoms with Gasteiger partial charge in [-0.25, -0.2) is 0 Å². The molecule has 0 aliphatic heterocycles. The van der Waals surface area contributed by atoms with Gasteiger partial charge in [0.2, 0.25) is 0 Å². The lowest BCUT2D eigenvalue weighted by molar-refractivity contribution is 0.415. The SMILES string of the molecule is COc1ccc(P(=O)(c2ccc(OC)cc2)C2CC3CCC2C3)cc1. The van der Waals surface area contributed by atoms with E-state index in [9.17, 15) is 4.57 Å². The summed E-state index contributed by atoms with van der Waals surface area (Å²) in [6, 6.07) is 15.7. The molecular weight excluding hydrogens is 331 g/mol. The second-order valence-corrected chi connectivity index (χ2v) is 10.3. The first kappa shape index (κ1) is 16.7. The first-order valence-electron chi connectivity index (χ1n) is 9.04. The summed E-state index contributed by atoms with van der Waals surface area (Å²) in [6.07, 6.45) is 4.89. The van der Waals surface area contributed by atoms with Crippen LogP contribution < -0.4 is 20.1 Å². The summed E-state index contributed by atoms with van der Waals surface area (Å²) in [6.45, 7) is 0. The van der Waals surface area contributed by atoms with Crippen LogP contribution in [0.3, 0.4) is 0 Å². The number of hydrogen-bond donors (Lipinski definition) is 0. The van der Waals surface area contributed by atoms with Gasteiger partial charge < -0.3 is 14.0 Å².